The third-order valence-corrected chi connectivity index (χ3v) is 12.1. The molecule has 12 heteroatoms. The molecule has 4 saturated heterocycles. The first-order chi connectivity index (χ1) is 23.0. The number of pyridine rings is 1. The van der Waals surface area contributed by atoms with E-state index in [2.05, 4.69) is 31.0 Å². The van der Waals surface area contributed by atoms with Gasteiger partial charge in [-0.05, 0) is 81.5 Å². The molecule has 4 fully saturated rings. The van der Waals surface area contributed by atoms with Gasteiger partial charge < -0.3 is 24.6 Å². The van der Waals surface area contributed by atoms with Gasteiger partial charge in [-0.2, -0.15) is 9.97 Å². The SMILES string of the molecule is C#Cc1c(F)ccc2cc(O)cc(-c3ncc4c(N5C[C@H]6CC[C@@H](C5)N6)nc(OCC56CCCN5CC(CP(C)(C)=O)C6)nc4c3F)c12. The third kappa shape index (κ3) is 5.48. The number of benzene rings is 2. The van der Waals surface area contributed by atoms with Crippen molar-refractivity contribution in [2.24, 2.45) is 5.92 Å². The molecule has 2 aromatic carbocycles. The van der Waals surface area contributed by atoms with Gasteiger partial charge in [-0.3, -0.25) is 9.88 Å². The van der Waals surface area contributed by atoms with E-state index in [1.165, 1.54) is 24.3 Å². The maximum atomic E-state index is 16.9. The molecule has 4 atom stereocenters. The van der Waals surface area contributed by atoms with Crippen LogP contribution in [0, 0.1) is 29.9 Å². The number of piperazine rings is 1. The van der Waals surface area contributed by atoms with Crippen LogP contribution in [-0.4, -0.2) is 94.9 Å². The lowest BCUT2D eigenvalue weighted by Crippen LogP contribution is -2.51. The second kappa shape index (κ2) is 11.6. The third-order valence-electron chi connectivity index (χ3n) is 10.7. The zero-order valence-corrected chi connectivity index (χ0v) is 28.1. The first-order valence-corrected chi connectivity index (χ1v) is 19.5. The largest absolute Gasteiger partial charge is 0.508 e. The maximum absolute atomic E-state index is 16.9. The van der Waals surface area contributed by atoms with Crippen molar-refractivity contribution in [1.82, 2.24) is 25.2 Å². The van der Waals surface area contributed by atoms with Crippen LogP contribution in [0.5, 0.6) is 11.8 Å². The summed E-state index contributed by atoms with van der Waals surface area (Å²) in [5, 5.41) is 15.4. The van der Waals surface area contributed by atoms with E-state index in [1.54, 1.807) is 6.20 Å². The molecule has 8 rings (SSSR count). The van der Waals surface area contributed by atoms with Crippen LogP contribution in [0.1, 0.15) is 37.7 Å². The van der Waals surface area contributed by atoms with Gasteiger partial charge in [0.25, 0.3) is 0 Å². The topological polar surface area (TPSA) is 104 Å². The molecule has 0 radical (unpaired) electrons. The van der Waals surface area contributed by atoms with Crippen molar-refractivity contribution in [1.29, 1.82) is 0 Å². The van der Waals surface area contributed by atoms with Gasteiger partial charge in [-0.25, -0.2) is 8.78 Å². The van der Waals surface area contributed by atoms with Crippen molar-refractivity contribution in [3.05, 3.63) is 47.7 Å². The summed E-state index contributed by atoms with van der Waals surface area (Å²) in [6, 6.07) is 6.23. The Balaban J connectivity index is 1.23. The monoisotopic (exact) mass is 672 g/mol. The Bertz CT molecular complexity index is 2040. The van der Waals surface area contributed by atoms with E-state index in [0.29, 0.717) is 60.5 Å². The normalized spacial score (nSPS) is 25.6. The van der Waals surface area contributed by atoms with E-state index in [1.807, 2.05) is 13.3 Å². The Morgan fingerprint density at radius 2 is 1.96 bits per heavy atom. The van der Waals surface area contributed by atoms with E-state index in [9.17, 15) is 14.1 Å². The van der Waals surface area contributed by atoms with E-state index in [4.69, 9.17) is 16.1 Å². The summed E-state index contributed by atoms with van der Waals surface area (Å²) in [4.78, 5) is 18.7. The Labute approximate surface area is 278 Å². The van der Waals surface area contributed by atoms with Gasteiger partial charge in [-0.15, -0.1) is 6.42 Å². The molecule has 2 N–H and O–H groups in total. The van der Waals surface area contributed by atoms with Crippen LogP contribution >= 0.6 is 7.14 Å². The minimum atomic E-state index is -2.18. The number of hydrogen-bond donors (Lipinski definition) is 2. The highest BCUT2D eigenvalue weighted by Crippen LogP contribution is 2.48. The maximum Gasteiger partial charge on any atom is 0.319 e. The summed E-state index contributed by atoms with van der Waals surface area (Å²) < 4.78 is 50.9. The molecule has 6 heterocycles. The standard InChI is InChI=1S/C36H39F2N6O3P/c1-4-26-29(37)9-6-22-12-25(45)13-27(30(22)26)32-31(38)33-28(15-39-32)34(43-17-23-7-8-24(18-43)40-23)42-35(41-33)47-20-36-10-5-11-44(36)16-21(14-36)19-48(2,3)46/h1,6,9,12-13,15,21,23-24,40,45H,5,7-8,10-11,14,16-20H2,2-3H3/t21?,23-,24+,36?. The van der Waals surface area contributed by atoms with Crippen molar-refractivity contribution < 1.29 is 23.2 Å². The number of nitrogens with zero attached hydrogens (tertiary/aromatic N) is 5. The molecule has 2 bridgehead atoms. The molecular formula is C36H39F2N6O3P. The van der Waals surface area contributed by atoms with Gasteiger partial charge in [-0.1, -0.05) is 12.0 Å². The van der Waals surface area contributed by atoms with Crippen molar-refractivity contribution in [2.45, 2.75) is 49.7 Å². The molecular weight excluding hydrogens is 633 g/mol. The van der Waals surface area contributed by atoms with Gasteiger partial charge in [0.1, 0.15) is 35.2 Å². The number of halogens is 2. The fourth-order valence-corrected chi connectivity index (χ4v) is 10.3. The number of rotatable bonds is 7. The molecule has 0 aliphatic carbocycles. The van der Waals surface area contributed by atoms with E-state index in [0.717, 1.165) is 45.2 Å². The fourth-order valence-electron chi connectivity index (χ4n) is 8.83. The number of terminal acetylenes is 1. The Morgan fingerprint density at radius 1 is 1.17 bits per heavy atom. The summed E-state index contributed by atoms with van der Waals surface area (Å²) in [7, 11) is -2.18. The number of ether oxygens (including phenoxy) is 1. The van der Waals surface area contributed by atoms with E-state index >= 15 is 4.39 Å². The molecule has 9 nitrogen and oxygen atoms in total. The highest BCUT2D eigenvalue weighted by molar-refractivity contribution is 7.62. The molecule has 0 spiro atoms. The highest BCUT2D eigenvalue weighted by atomic mass is 31.2. The number of aromatic hydroxyl groups is 1. The first kappa shape index (κ1) is 31.4. The highest BCUT2D eigenvalue weighted by Gasteiger charge is 2.49. The van der Waals surface area contributed by atoms with Crippen LogP contribution < -0.4 is 15.0 Å². The van der Waals surface area contributed by atoms with Crippen molar-refractivity contribution in [3.8, 4) is 35.4 Å². The van der Waals surface area contributed by atoms with Crippen LogP contribution in [0.2, 0.25) is 0 Å². The Morgan fingerprint density at radius 3 is 2.71 bits per heavy atom. The second-order valence-electron chi connectivity index (χ2n) is 14.6. The van der Waals surface area contributed by atoms with Gasteiger partial charge in [0.05, 0.1) is 23.6 Å². The van der Waals surface area contributed by atoms with Gasteiger partial charge in [0, 0.05) is 55.0 Å². The molecule has 2 unspecified atom stereocenters. The summed E-state index contributed by atoms with van der Waals surface area (Å²) in [5.41, 5.74) is -0.148. The van der Waals surface area contributed by atoms with Crippen molar-refractivity contribution in [3.63, 3.8) is 0 Å². The van der Waals surface area contributed by atoms with Crippen LogP contribution in [0.3, 0.4) is 0 Å². The molecule has 250 valence electrons. The van der Waals surface area contributed by atoms with E-state index in [-0.39, 0.29) is 45.0 Å². The lowest BCUT2D eigenvalue weighted by Gasteiger charge is -2.34. The number of phenols is 1. The zero-order chi connectivity index (χ0) is 33.4. The van der Waals surface area contributed by atoms with Gasteiger partial charge in [0.2, 0.25) is 0 Å². The molecule has 48 heavy (non-hydrogen) atoms. The fraction of sp³-hybridized carbons (Fsp3) is 0.472. The number of nitrogens with one attached hydrogen (secondary N) is 1. The van der Waals surface area contributed by atoms with Crippen molar-refractivity contribution in [2.75, 3.05) is 57.2 Å². The predicted molar refractivity (Wildman–Crippen MR) is 183 cm³/mol. The summed E-state index contributed by atoms with van der Waals surface area (Å²) in [5.74, 6) is 1.80. The van der Waals surface area contributed by atoms with E-state index < -0.39 is 18.8 Å². The minimum Gasteiger partial charge on any atom is -0.508 e. The van der Waals surface area contributed by atoms with Crippen LogP contribution in [-0.2, 0) is 4.57 Å². The summed E-state index contributed by atoms with van der Waals surface area (Å²) in [6.45, 7) is 7.33. The Kier molecular flexibility index (Phi) is 7.63. The molecule has 4 aliphatic rings. The summed E-state index contributed by atoms with van der Waals surface area (Å²) >= 11 is 0. The van der Waals surface area contributed by atoms with Crippen LogP contribution in [0.15, 0.2) is 30.5 Å². The number of fused-ring (bicyclic) bond motifs is 5. The number of hydrogen-bond acceptors (Lipinski definition) is 9. The molecule has 4 aromatic rings. The number of aromatic nitrogens is 3. The first-order valence-electron chi connectivity index (χ1n) is 16.7. The van der Waals surface area contributed by atoms with Crippen LogP contribution in [0.4, 0.5) is 14.6 Å². The zero-order valence-electron chi connectivity index (χ0n) is 27.2. The van der Waals surface area contributed by atoms with Gasteiger partial charge >= 0.3 is 6.01 Å². The smallest absolute Gasteiger partial charge is 0.319 e. The molecule has 4 aliphatic heterocycles. The van der Waals surface area contributed by atoms with Gasteiger partial charge in [0.15, 0.2) is 5.82 Å². The number of anilines is 1. The second-order valence-corrected chi connectivity index (χ2v) is 18.1. The quantitative estimate of drug-likeness (QED) is 0.192. The lowest BCUT2D eigenvalue weighted by molar-refractivity contribution is 0.107. The minimum absolute atomic E-state index is 0.0315. The average molecular weight is 673 g/mol. The lowest BCUT2D eigenvalue weighted by atomic mass is 9.91. The Hall–Kier alpha value is -3.84. The molecule has 2 aromatic heterocycles. The summed E-state index contributed by atoms with van der Waals surface area (Å²) in [6.07, 6.45) is 13.0. The van der Waals surface area contributed by atoms with Crippen molar-refractivity contribution >= 4 is 34.6 Å². The number of phenolic OH excluding ortho intramolecular Hbond substituents is 1. The van der Waals surface area contributed by atoms with Crippen LogP contribution in [0.25, 0.3) is 32.9 Å². The predicted octanol–water partition coefficient (Wildman–Crippen LogP) is 5.61. The molecule has 0 saturated carbocycles. The average Bonchev–Trinajstić information content (AvgIpc) is 3.69. The molecule has 0 amide bonds.